The van der Waals surface area contributed by atoms with Gasteiger partial charge >= 0.3 is 0 Å². The highest BCUT2D eigenvalue weighted by molar-refractivity contribution is 7.09. The van der Waals surface area contributed by atoms with Crippen LogP contribution >= 0.6 is 22.9 Å². The molecule has 0 atom stereocenters. The molecular weight excluding hydrogens is 400 g/mol. The third kappa shape index (κ3) is 4.66. The summed E-state index contributed by atoms with van der Waals surface area (Å²) in [6.45, 7) is 5.96. The number of nitrogens with one attached hydrogen (secondary N) is 1. The summed E-state index contributed by atoms with van der Waals surface area (Å²) in [6.07, 6.45) is -0.0688. The van der Waals surface area contributed by atoms with Crippen molar-refractivity contribution in [2.24, 2.45) is 0 Å². The molecule has 2 heterocycles. The molecule has 0 bridgehead atoms. The van der Waals surface area contributed by atoms with Crippen molar-refractivity contribution in [1.82, 2.24) is 10.3 Å². The molecule has 1 aromatic carbocycles. The Balaban J connectivity index is 1.70. The van der Waals surface area contributed by atoms with Crippen LogP contribution in [0.2, 0.25) is 5.02 Å². The molecule has 148 valence electrons. The molecule has 2 aromatic heterocycles. The predicted octanol–water partition coefficient (Wildman–Crippen LogP) is 5.09. The van der Waals surface area contributed by atoms with Gasteiger partial charge in [0.15, 0.2) is 17.3 Å². The van der Waals surface area contributed by atoms with E-state index in [0.717, 1.165) is 10.7 Å². The van der Waals surface area contributed by atoms with Crippen LogP contribution < -0.4 is 14.8 Å². The number of aryl methyl sites for hydroxylation is 1. The molecule has 0 saturated carbocycles. The number of carbonyl (C=O) groups is 1. The van der Waals surface area contributed by atoms with Crippen LogP contribution in [-0.2, 0) is 6.54 Å². The molecule has 0 aliphatic carbocycles. The number of amides is 1. The molecule has 0 saturated heterocycles. The van der Waals surface area contributed by atoms with Crippen LogP contribution in [0, 0.1) is 6.92 Å². The largest absolute Gasteiger partial charge is 0.493 e. The number of carbonyl (C=O) groups excluding carboxylic acids is 1. The lowest BCUT2D eigenvalue weighted by atomic mass is 10.2. The number of thiazole rings is 1. The number of nitrogens with zero attached hydrogens (tertiary/aromatic N) is 1. The van der Waals surface area contributed by atoms with Crippen molar-refractivity contribution in [3.63, 3.8) is 0 Å². The van der Waals surface area contributed by atoms with Crippen LogP contribution in [0.1, 0.15) is 35.0 Å². The molecule has 28 heavy (non-hydrogen) atoms. The molecule has 8 heteroatoms. The molecule has 0 radical (unpaired) electrons. The topological polar surface area (TPSA) is 73.6 Å². The fourth-order valence-corrected chi connectivity index (χ4v) is 3.41. The first-order valence-electron chi connectivity index (χ1n) is 8.71. The number of hydrogen-bond donors (Lipinski definition) is 1. The normalized spacial score (nSPS) is 10.9. The molecule has 0 spiro atoms. The number of rotatable bonds is 7. The van der Waals surface area contributed by atoms with Crippen LogP contribution in [0.25, 0.3) is 11.5 Å². The van der Waals surface area contributed by atoms with Gasteiger partial charge in [-0.3, -0.25) is 4.79 Å². The fraction of sp³-hybridized carbons (Fsp3) is 0.300. The highest BCUT2D eigenvalue weighted by Crippen LogP contribution is 2.37. The summed E-state index contributed by atoms with van der Waals surface area (Å²) in [5.41, 5.74) is 1.16. The minimum absolute atomic E-state index is 0.0688. The second-order valence-corrected chi connectivity index (χ2v) is 7.83. The van der Waals surface area contributed by atoms with Crippen molar-refractivity contribution < 1.29 is 18.7 Å². The van der Waals surface area contributed by atoms with E-state index in [1.54, 1.807) is 23.5 Å². The van der Waals surface area contributed by atoms with Gasteiger partial charge in [0, 0.05) is 10.9 Å². The van der Waals surface area contributed by atoms with Gasteiger partial charge in [0.05, 0.1) is 29.8 Å². The summed E-state index contributed by atoms with van der Waals surface area (Å²) in [7, 11) is 1.51. The minimum Gasteiger partial charge on any atom is -0.493 e. The lowest BCUT2D eigenvalue weighted by Gasteiger charge is -2.16. The number of ether oxygens (including phenoxy) is 2. The number of methoxy groups -OCH3 is 1. The van der Waals surface area contributed by atoms with Gasteiger partial charge in [-0.25, -0.2) is 4.98 Å². The number of hydrogen-bond acceptors (Lipinski definition) is 6. The summed E-state index contributed by atoms with van der Waals surface area (Å²) in [6, 6.07) is 6.82. The Morgan fingerprint density at radius 3 is 2.79 bits per heavy atom. The summed E-state index contributed by atoms with van der Waals surface area (Å²) in [5, 5.41) is 6.04. The molecule has 0 aliphatic rings. The van der Waals surface area contributed by atoms with Crippen molar-refractivity contribution in [3.8, 4) is 23.0 Å². The molecular formula is C20H21ClN2O4S. The van der Waals surface area contributed by atoms with Gasteiger partial charge in [0.2, 0.25) is 0 Å². The van der Waals surface area contributed by atoms with Gasteiger partial charge in [-0.1, -0.05) is 11.6 Å². The summed E-state index contributed by atoms with van der Waals surface area (Å²) in [5.74, 6) is 1.84. The average molecular weight is 421 g/mol. The zero-order chi connectivity index (χ0) is 20.3. The maximum atomic E-state index is 12.5. The smallest absolute Gasteiger partial charge is 0.251 e. The van der Waals surface area contributed by atoms with Crippen molar-refractivity contribution in [3.05, 3.63) is 51.0 Å². The van der Waals surface area contributed by atoms with E-state index in [9.17, 15) is 4.79 Å². The number of aromatic nitrogens is 1. The van der Waals surface area contributed by atoms with Gasteiger partial charge in [0.1, 0.15) is 11.5 Å². The van der Waals surface area contributed by atoms with Crippen molar-refractivity contribution in [2.75, 3.05) is 7.11 Å². The van der Waals surface area contributed by atoms with E-state index < -0.39 is 0 Å². The van der Waals surface area contributed by atoms with E-state index in [1.807, 2.05) is 38.3 Å². The molecule has 0 aliphatic heterocycles. The maximum Gasteiger partial charge on any atom is 0.251 e. The molecule has 3 rings (SSSR count). The first kappa shape index (κ1) is 20.2. The van der Waals surface area contributed by atoms with Gasteiger partial charge in [-0.2, -0.15) is 0 Å². The molecule has 6 nitrogen and oxygen atoms in total. The van der Waals surface area contributed by atoms with Crippen LogP contribution in [-0.4, -0.2) is 24.1 Å². The first-order chi connectivity index (χ1) is 13.4. The second kappa shape index (κ2) is 8.67. The Labute approximate surface area is 172 Å². The number of halogens is 1. The zero-order valence-electron chi connectivity index (χ0n) is 16.0. The molecule has 0 unspecified atom stereocenters. The van der Waals surface area contributed by atoms with Crippen molar-refractivity contribution >= 4 is 28.8 Å². The summed E-state index contributed by atoms with van der Waals surface area (Å²) in [4.78, 5) is 16.9. The quantitative estimate of drug-likeness (QED) is 0.576. The van der Waals surface area contributed by atoms with Gasteiger partial charge in [0.25, 0.3) is 5.91 Å². The van der Waals surface area contributed by atoms with E-state index in [1.165, 1.54) is 7.11 Å². The summed E-state index contributed by atoms with van der Waals surface area (Å²) < 4.78 is 16.7. The lowest BCUT2D eigenvalue weighted by Crippen LogP contribution is -2.22. The third-order valence-corrected chi connectivity index (χ3v) is 4.86. The van der Waals surface area contributed by atoms with E-state index in [4.69, 9.17) is 25.5 Å². The maximum absolute atomic E-state index is 12.5. The van der Waals surface area contributed by atoms with Crippen LogP contribution in [0.3, 0.4) is 0 Å². The minimum atomic E-state index is -0.293. The SMILES string of the molecule is COc1cc(C(=O)NCc2ccc(-c3csc(C)n3)o2)cc(Cl)c1OC(C)C. The van der Waals surface area contributed by atoms with Crippen molar-refractivity contribution in [2.45, 2.75) is 33.4 Å². The van der Waals surface area contributed by atoms with Crippen molar-refractivity contribution in [1.29, 1.82) is 0 Å². The predicted molar refractivity (Wildman–Crippen MR) is 109 cm³/mol. The van der Waals surface area contributed by atoms with Gasteiger partial charge < -0.3 is 19.2 Å². The fourth-order valence-electron chi connectivity index (χ4n) is 2.56. The van der Waals surface area contributed by atoms with Crippen LogP contribution in [0.15, 0.2) is 34.1 Å². The Kier molecular flexibility index (Phi) is 6.26. The monoisotopic (exact) mass is 420 g/mol. The Morgan fingerprint density at radius 2 is 2.14 bits per heavy atom. The second-order valence-electron chi connectivity index (χ2n) is 6.36. The zero-order valence-corrected chi connectivity index (χ0v) is 17.6. The molecule has 1 N–H and O–H groups in total. The standard InChI is InChI=1S/C20H21ClN2O4S/c1-11(2)26-19-15(21)7-13(8-18(19)25-4)20(24)22-9-14-5-6-17(27-14)16-10-28-12(3)23-16/h5-8,10-11H,9H2,1-4H3,(H,22,24). The van der Waals surface area contributed by atoms with Gasteiger partial charge in [-0.15, -0.1) is 11.3 Å². The summed E-state index contributed by atoms with van der Waals surface area (Å²) >= 11 is 7.84. The lowest BCUT2D eigenvalue weighted by molar-refractivity contribution is 0.0947. The highest BCUT2D eigenvalue weighted by atomic mass is 35.5. The van der Waals surface area contributed by atoms with E-state index >= 15 is 0 Å². The number of benzene rings is 1. The molecule has 3 aromatic rings. The van der Waals surface area contributed by atoms with Crippen LogP contribution in [0.4, 0.5) is 0 Å². The first-order valence-corrected chi connectivity index (χ1v) is 9.96. The Hall–Kier alpha value is -2.51. The van der Waals surface area contributed by atoms with E-state index in [0.29, 0.717) is 33.6 Å². The average Bonchev–Trinajstić information content (AvgIpc) is 3.29. The van der Waals surface area contributed by atoms with Crippen LogP contribution in [0.5, 0.6) is 11.5 Å². The third-order valence-electron chi connectivity index (χ3n) is 3.80. The highest BCUT2D eigenvalue weighted by Gasteiger charge is 2.17. The van der Waals surface area contributed by atoms with E-state index in [2.05, 4.69) is 10.3 Å². The molecule has 0 fully saturated rings. The van der Waals surface area contributed by atoms with Gasteiger partial charge in [-0.05, 0) is 45.0 Å². The Bertz CT molecular complexity index is 980. The molecule has 1 amide bonds. The van der Waals surface area contributed by atoms with E-state index in [-0.39, 0.29) is 18.6 Å². The number of furan rings is 1. The Morgan fingerprint density at radius 1 is 1.36 bits per heavy atom.